The molecule has 0 saturated heterocycles. The highest BCUT2D eigenvalue weighted by Gasteiger charge is 2.46. The van der Waals surface area contributed by atoms with Gasteiger partial charge in [-0.1, -0.05) is 20.3 Å². The summed E-state index contributed by atoms with van der Waals surface area (Å²) in [6.45, 7) is 5.08. The van der Waals surface area contributed by atoms with Crippen molar-refractivity contribution < 1.29 is 13.3 Å². The molecule has 102 valence electrons. The van der Waals surface area contributed by atoms with Crippen molar-refractivity contribution in [2.45, 2.75) is 45.1 Å². The van der Waals surface area contributed by atoms with Gasteiger partial charge in [-0.3, -0.25) is 4.99 Å². The summed E-state index contributed by atoms with van der Waals surface area (Å²) in [7, 11) is 2.53. The highest BCUT2D eigenvalue weighted by atomic mass is 28.4. The van der Waals surface area contributed by atoms with E-state index in [2.05, 4.69) is 18.8 Å². The van der Waals surface area contributed by atoms with Gasteiger partial charge in [-0.15, -0.1) is 0 Å². The molecule has 0 rings (SSSR count). The van der Waals surface area contributed by atoms with Crippen LogP contribution in [0, 0.1) is 0 Å². The van der Waals surface area contributed by atoms with Crippen molar-refractivity contribution in [1.82, 2.24) is 0 Å². The maximum absolute atomic E-state index is 5.55. The predicted molar refractivity (Wildman–Crippen MR) is 73.7 cm³/mol. The van der Waals surface area contributed by atoms with Crippen molar-refractivity contribution in [2.24, 2.45) is 4.99 Å². The molecule has 0 heterocycles. The highest BCUT2D eigenvalue weighted by Crippen LogP contribution is 2.31. The van der Waals surface area contributed by atoms with E-state index in [1.165, 1.54) is 0 Å². The summed E-state index contributed by atoms with van der Waals surface area (Å²) in [5.74, 6) is 0. The van der Waals surface area contributed by atoms with E-state index in [9.17, 15) is 0 Å². The van der Waals surface area contributed by atoms with E-state index < -0.39 is 8.80 Å². The van der Waals surface area contributed by atoms with E-state index in [-0.39, 0.29) is 0 Å². The molecule has 1 atom stereocenters. The first-order chi connectivity index (χ1) is 8.20. The van der Waals surface area contributed by atoms with Gasteiger partial charge in [0.1, 0.15) is 0 Å². The fraction of sp³-hybridized carbons (Fsp3) is 0.917. The molecule has 0 bridgehead atoms. The zero-order valence-electron chi connectivity index (χ0n) is 11.9. The molecule has 0 aliphatic heterocycles. The largest absolute Gasteiger partial charge is 0.503 e. The molecule has 0 aliphatic rings. The zero-order valence-corrected chi connectivity index (χ0v) is 12.9. The number of hydrogen-bond donors (Lipinski definition) is 0. The van der Waals surface area contributed by atoms with E-state index in [0.717, 1.165) is 32.2 Å². The van der Waals surface area contributed by atoms with Crippen molar-refractivity contribution >= 4 is 15.0 Å². The average Bonchev–Trinajstić information content (AvgIpc) is 2.37. The Bertz CT molecular complexity index is 200. The lowest BCUT2D eigenvalue weighted by molar-refractivity contribution is 0.108. The molecule has 4 nitrogen and oxygen atoms in total. The van der Waals surface area contributed by atoms with Gasteiger partial charge in [0.15, 0.2) is 0 Å². The normalized spacial score (nSPS) is 14.4. The molecule has 0 saturated carbocycles. The van der Waals surface area contributed by atoms with Gasteiger partial charge >= 0.3 is 8.80 Å². The third-order valence-electron chi connectivity index (χ3n) is 2.91. The van der Waals surface area contributed by atoms with Crippen LogP contribution in [0.25, 0.3) is 0 Å². The number of rotatable bonds is 10. The van der Waals surface area contributed by atoms with E-state index in [1.54, 1.807) is 21.3 Å². The van der Waals surface area contributed by atoms with Gasteiger partial charge in [0, 0.05) is 33.4 Å². The van der Waals surface area contributed by atoms with E-state index >= 15 is 0 Å². The molecule has 0 radical (unpaired) electrons. The first kappa shape index (κ1) is 16.8. The van der Waals surface area contributed by atoms with Crippen LogP contribution in [-0.4, -0.2) is 42.9 Å². The van der Waals surface area contributed by atoms with Crippen LogP contribution in [0.1, 0.15) is 39.5 Å². The Morgan fingerprint density at radius 3 is 2.06 bits per heavy atom. The summed E-state index contributed by atoms with van der Waals surface area (Å²) in [6, 6.07) is 0. The van der Waals surface area contributed by atoms with Gasteiger partial charge in [0.05, 0.1) is 0 Å². The van der Waals surface area contributed by atoms with E-state index in [0.29, 0.717) is 5.54 Å². The molecular formula is C12H27NO3Si. The molecule has 17 heavy (non-hydrogen) atoms. The molecule has 0 N–H and O–H groups in total. The Morgan fingerprint density at radius 1 is 1.06 bits per heavy atom. The van der Waals surface area contributed by atoms with Crippen LogP contribution in [0.15, 0.2) is 4.99 Å². The van der Waals surface area contributed by atoms with Crippen molar-refractivity contribution in [3.8, 4) is 0 Å². The SMILES string of the molecule is CCC=NCCC(CCC)[Si](OC)(OC)OC. The lowest BCUT2D eigenvalue weighted by Crippen LogP contribution is -2.48. The third-order valence-corrected chi connectivity index (χ3v) is 6.19. The molecule has 5 heteroatoms. The highest BCUT2D eigenvalue weighted by molar-refractivity contribution is 6.62. The second-order valence-corrected chi connectivity index (χ2v) is 7.24. The summed E-state index contributed by atoms with van der Waals surface area (Å²) >= 11 is 0. The lowest BCUT2D eigenvalue weighted by Gasteiger charge is -2.32. The van der Waals surface area contributed by atoms with Crippen LogP contribution in [0.5, 0.6) is 0 Å². The maximum Gasteiger partial charge on any atom is 0.503 e. The van der Waals surface area contributed by atoms with Gasteiger partial charge in [0.2, 0.25) is 0 Å². The van der Waals surface area contributed by atoms with E-state index in [4.69, 9.17) is 13.3 Å². The Labute approximate surface area is 107 Å². The Morgan fingerprint density at radius 2 is 1.65 bits per heavy atom. The molecule has 0 amide bonds. The number of aliphatic imine (C=N–C) groups is 1. The standard InChI is InChI=1S/C12H27NO3Si/c1-6-8-12(9-11-13-10-7-2)17(14-3,15-4)16-5/h10,12H,6-9,11H2,1-5H3. The Hall–Kier alpha value is -0.233. The molecular weight excluding hydrogens is 234 g/mol. The summed E-state index contributed by atoms with van der Waals surface area (Å²) in [4.78, 5) is 4.36. The predicted octanol–water partition coefficient (Wildman–Crippen LogP) is 2.91. The third kappa shape index (κ3) is 5.29. The van der Waals surface area contributed by atoms with Crippen LogP contribution >= 0.6 is 0 Å². The first-order valence-corrected chi connectivity index (χ1v) is 8.14. The van der Waals surface area contributed by atoms with Gasteiger partial charge < -0.3 is 13.3 Å². The zero-order chi connectivity index (χ0) is 13.1. The quantitative estimate of drug-likeness (QED) is 0.448. The second-order valence-electron chi connectivity index (χ2n) is 3.99. The van der Waals surface area contributed by atoms with Gasteiger partial charge in [-0.25, -0.2) is 0 Å². The molecule has 0 aromatic carbocycles. The van der Waals surface area contributed by atoms with E-state index in [1.807, 2.05) is 6.21 Å². The van der Waals surface area contributed by atoms with Crippen LogP contribution in [0.3, 0.4) is 0 Å². The van der Waals surface area contributed by atoms with Crippen molar-refractivity contribution in [3.05, 3.63) is 0 Å². The Kier molecular flexibility index (Phi) is 9.63. The number of hydrogen-bond acceptors (Lipinski definition) is 4. The summed E-state index contributed by atoms with van der Waals surface area (Å²) < 4.78 is 16.7. The minimum absolute atomic E-state index is 0.335. The Balaban J connectivity index is 4.50. The fourth-order valence-corrected chi connectivity index (χ4v) is 4.67. The minimum Gasteiger partial charge on any atom is -0.377 e. The van der Waals surface area contributed by atoms with Crippen molar-refractivity contribution in [1.29, 1.82) is 0 Å². The fourth-order valence-electron chi connectivity index (χ4n) is 2.05. The van der Waals surface area contributed by atoms with Gasteiger partial charge in [-0.05, 0) is 25.5 Å². The smallest absolute Gasteiger partial charge is 0.377 e. The minimum atomic E-state index is -2.50. The van der Waals surface area contributed by atoms with Crippen LogP contribution in [0.4, 0.5) is 0 Å². The van der Waals surface area contributed by atoms with Crippen molar-refractivity contribution in [3.63, 3.8) is 0 Å². The average molecular weight is 261 g/mol. The van der Waals surface area contributed by atoms with Gasteiger partial charge in [0.25, 0.3) is 0 Å². The first-order valence-electron chi connectivity index (χ1n) is 6.34. The molecule has 1 unspecified atom stereocenters. The molecule has 0 aliphatic carbocycles. The molecule has 0 spiro atoms. The topological polar surface area (TPSA) is 40.0 Å². The molecule has 0 aromatic heterocycles. The van der Waals surface area contributed by atoms with Crippen molar-refractivity contribution in [2.75, 3.05) is 27.9 Å². The maximum atomic E-state index is 5.55. The molecule has 0 aromatic rings. The van der Waals surface area contributed by atoms with Crippen LogP contribution < -0.4 is 0 Å². The summed E-state index contributed by atoms with van der Waals surface area (Å²) in [5, 5.41) is 0. The van der Waals surface area contributed by atoms with Crippen LogP contribution in [0.2, 0.25) is 5.54 Å². The lowest BCUT2D eigenvalue weighted by atomic mass is 10.2. The number of nitrogens with zero attached hydrogens (tertiary/aromatic N) is 1. The summed E-state index contributed by atoms with van der Waals surface area (Å²) in [6.07, 6.45) is 6.07. The molecule has 0 fully saturated rings. The monoisotopic (exact) mass is 261 g/mol. The van der Waals surface area contributed by atoms with Gasteiger partial charge in [-0.2, -0.15) is 0 Å². The summed E-state index contributed by atoms with van der Waals surface area (Å²) in [5.41, 5.74) is 0.335. The van der Waals surface area contributed by atoms with Crippen LogP contribution in [-0.2, 0) is 13.3 Å². The second kappa shape index (κ2) is 9.76.